The number of nitrogens with one attached hydrogen (secondary N) is 1. The van der Waals surface area contributed by atoms with Crippen LogP contribution < -0.4 is 15.0 Å². The van der Waals surface area contributed by atoms with Gasteiger partial charge in [-0.2, -0.15) is 15.0 Å². The largest absolute Gasteiger partial charge is 0.467 e. The lowest BCUT2D eigenvalue weighted by atomic mass is 10.2. The van der Waals surface area contributed by atoms with Gasteiger partial charge in [0.15, 0.2) is 5.82 Å². The average Bonchev–Trinajstić information content (AvgIpc) is 2.72. The second-order valence-electron chi connectivity index (χ2n) is 5.71. The van der Waals surface area contributed by atoms with Gasteiger partial charge in [-0.05, 0) is 12.1 Å². The predicted molar refractivity (Wildman–Crippen MR) is 96.7 cm³/mol. The molecule has 1 amide bonds. The Balaban J connectivity index is 1.64. The van der Waals surface area contributed by atoms with E-state index in [4.69, 9.17) is 9.47 Å². The number of morpholine rings is 1. The smallest absolute Gasteiger partial charge is 0.321 e. The molecule has 8 nitrogen and oxygen atoms in total. The maximum absolute atomic E-state index is 13.6. The fourth-order valence-electron chi connectivity index (χ4n) is 2.46. The second-order valence-corrected chi connectivity index (χ2v) is 5.71. The van der Waals surface area contributed by atoms with Crippen molar-refractivity contribution in [3.05, 3.63) is 47.5 Å². The maximum Gasteiger partial charge on any atom is 0.321 e. The lowest BCUT2D eigenvalue weighted by molar-refractivity contribution is -0.116. The molecule has 0 unspecified atom stereocenters. The Kier molecular flexibility index (Phi) is 6.26. The van der Waals surface area contributed by atoms with Crippen LogP contribution in [0.5, 0.6) is 6.01 Å². The highest BCUT2D eigenvalue weighted by Crippen LogP contribution is 2.14. The molecule has 0 atom stereocenters. The molecule has 0 aliphatic carbocycles. The fourth-order valence-corrected chi connectivity index (χ4v) is 2.46. The van der Waals surface area contributed by atoms with Gasteiger partial charge in [-0.3, -0.25) is 4.79 Å². The summed E-state index contributed by atoms with van der Waals surface area (Å²) < 4.78 is 24.0. The number of amides is 1. The van der Waals surface area contributed by atoms with E-state index >= 15 is 0 Å². The van der Waals surface area contributed by atoms with Gasteiger partial charge in [0.05, 0.1) is 26.9 Å². The van der Waals surface area contributed by atoms with Gasteiger partial charge in [-0.1, -0.05) is 18.2 Å². The first-order valence-corrected chi connectivity index (χ1v) is 8.48. The Morgan fingerprint density at radius 3 is 2.81 bits per heavy atom. The quantitative estimate of drug-likeness (QED) is 0.761. The number of carbonyl (C=O) groups is 1. The minimum atomic E-state index is -0.390. The van der Waals surface area contributed by atoms with Crippen molar-refractivity contribution in [3.63, 3.8) is 0 Å². The number of hydrogen-bond donors (Lipinski definition) is 1. The Labute approximate surface area is 156 Å². The van der Waals surface area contributed by atoms with Crippen LogP contribution in [0.2, 0.25) is 0 Å². The number of carbonyl (C=O) groups excluding carboxylic acids is 1. The monoisotopic (exact) mass is 373 g/mol. The van der Waals surface area contributed by atoms with E-state index in [9.17, 15) is 9.18 Å². The van der Waals surface area contributed by atoms with E-state index in [-0.39, 0.29) is 24.3 Å². The molecule has 2 aromatic rings. The molecule has 1 fully saturated rings. The summed E-state index contributed by atoms with van der Waals surface area (Å²) in [7, 11) is 1.47. The molecule has 1 aromatic heterocycles. The number of anilines is 1. The van der Waals surface area contributed by atoms with Crippen molar-refractivity contribution in [1.82, 2.24) is 20.3 Å². The molecule has 1 aliphatic heterocycles. The van der Waals surface area contributed by atoms with Gasteiger partial charge < -0.3 is 19.7 Å². The molecule has 0 spiro atoms. The van der Waals surface area contributed by atoms with Crippen molar-refractivity contribution in [2.24, 2.45) is 0 Å². The van der Waals surface area contributed by atoms with Crippen molar-refractivity contribution in [3.8, 4) is 6.01 Å². The van der Waals surface area contributed by atoms with Gasteiger partial charge in [0, 0.05) is 24.7 Å². The molecule has 1 aliphatic rings. The summed E-state index contributed by atoms with van der Waals surface area (Å²) in [5.74, 6) is 0.0803. The van der Waals surface area contributed by atoms with Crippen LogP contribution in [0, 0.1) is 5.82 Å². The number of nitrogens with zero attached hydrogens (tertiary/aromatic N) is 4. The third-order valence-electron chi connectivity index (χ3n) is 3.87. The van der Waals surface area contributed by atoms with Gasteiger partial charge in [-0.25, -0.2) is 4.39 Å². The van der Waals surface area contributed by atoms with Crippen LogP contribution in [0.25, 0.3) is 6.08 Å². The zero-order chi connectivity index (χ0) is 19.1. The molecule has 2 heterocycles. The van der Waals surface area contributed by atoms with E-state index < -0.39 is 0 Å². The number of benzene rings is 1. The van der Waals surface area contributed by atoms with Crippen molar-refractivity contribution in [2.75, 3.05) is 38.3 Å². The normalized spacial score (nSPS) is 14.4. The van der Waals surface area contributed by atoms with E-state index in [1.807, 2.05) is 4.90 Å². The summed E-state index contributed by atoms with van der Waals surface area (Å²) in [5, 5.41) is 2.67. The zero-order valence-electron chi connectivity index (χ0n) is 14.9. The van der Waals surface area contributed by atoms with Crippen molar-refractivity contribution < 1.29 is 18.7 Å². The van der Waals surface area contributed by atoms with Crippen LogP contribution in [0.3, 0.4) is 0 Å². The standard InChI is InChI=1S/C18H20FN5O3/c1-26-18-22-15(21-17(23-18)24-8-10-27-11-9-24)12-20-16(25)7-6-13-4-2-3-5-14(13)19/h2-7H,8-12H2,1H3,(H,20,25)/b7-6+. The number of methoxy groups -OCH3 is 1. The SMILES string of the molecule is COc1nc(CNC(=O)/C=C/c2ccccc2F)nc(N2CCOCC2)n1. The highest BCUT2D eigenvalue weighted by Gasteiger charge is 2.17. The Hall–Kier alpha value is -3.07. The molecule has 27 heavy (non-hydrogen) atoms. The molecule has 142 valence electrons. The minimum absolute atomic E-state index is 0.0939. The van der Waals surface area contributed by atoms with Crippen molar-refractivity contribution in [1.29, 1.82) is 0 Å². The molecule has 1 N–H and O–H groups in total. The van der Waals surface area contributed by atoms with E-state index in [1.165, 1.54) is 25.3 Å². The summed E-state index contributed by atoms with van der Waals surface area (Å²) in [6.07, 6.45) is 2.68. The van der Waals surface area contributed by atoms with Crippen LogP contribution in [0.4, 0.5) is 10.3 Å². The van der Waals surface area contributed by atoms with Gasteiger partial charge >= 0.3 is 6.01 Å². The lowest BCUT2D eigenvalue weighted by Crippen LogP contribution is -2.37. The Morgan fingerprint density at radius 1 is 1.30 bits per heavy atom. The molecule has 1 saturated heterocycles. The Morgan fingerprint density at radius 2 is 2.07 bits per heavy atom. The number of rotatable bonds is 6. The van der Waals surface area contributed by atoms with Gasteiger partial charge in [-0.15, -0.1) is 0 Å². The molecule has 3 rings (SSSR count). The van der Waals surface area contributed by atoms with Crippen LogP contribution in [-0.4, -0.2) is 54.3 Å². The summed E-state index contributed by atoms with van der Waals surface area (Å²) in [5.41, 5.74) is 0.337. The second kappa shape index (κ2) is 9.04. The average molecular weight is 373 g/mol. The first-order chi connectivity index (χ1) is 13.2. The van der Waals surface area contributed by atoms with E-state index in [0.717, 1.165) is 0 Å². The zero-order valence-corrected chi connectivity index (χ0v) is 14.9. The fraction of sp³-hybridized carbons (Fsp3) is 0.333. The molecular formula is C18H20FN5O3. The highest BCUT2D eigenvalue weighted by atomic mass is 19.1. The van der Waals surface area contributed by atoms with E-state index in [2.05, 4.69) is 20.3 Å². The van der Waals surface area contributed by atoms with E-state index in [1.54, 1.807) is 18.2 Å². The lowest BCUT2D eigenvalue weighted by Gasteiger charge is -2.26. The maximum atomic E-state index is 13.6. The molecule has 1 aromatic carbocycles. The molecule has 0 saturated carbocycles. The van der Waals surface area contributed by atoms with E-state index in [0.29, 0.717) is 43.6 Å². The third-order valence-corrected chi connectivity index (χ3v) is 3.87. The molecule has 9 heteroatoms. The number of ether oxygens (including phenoxy) is 2. The minimum Gasteiger partial charge on any atom is -0.467 e. The number of halogens is 1. The van der Waals surface area contributed by atoms with Crippen LogP contribution in [0.1, 0.15) is 11.4 Å². The van der Waals surface area contributed by atoms with Crippen molar-refractivity contribution in [2.45, 2.75) is 6.54 Å². The van der Waals surface area contributed by atoms with Crippen molar-refractivity contribution >= 4 is 17.9 Å². The first-order valence-electron chi connectivity index (χ1n) is 8.48. The summed E-state index contributed by atoms with van der Waals surface area (Å²) in [6, 6.07) is 6.39. The van der Waals surface area contributed by atoms with Crippen LogP contribution >= 0.6 is 0 Å². The number of aromatic nitrogens is 3. The van der Waals surface area contributed by atoms with Gasteiger partial charge in [0.1, 0.15) is 5.82 Å². The molecule has 0 bridgehead atoms. The summed E-state index contributed by atoms with van der Waals surface area (Å²) in [4.78, 5) is 26.7. The summed E-state index contributed by atoms with van der Waals surface area (Å²) in [6.45, 7) is 2.63. The van der Waals surface area contributed by atoms with Crippen LogP contribution in [-0.2, 0) is 16.1 Å². The number of hydrogen-bond acceptors (Lipinski definition) is 7. The summed E-state index contributed by atoms with van der Waals surface area (Å²) >= 11 is 0. The molecule has 0 radical (unpaired) electrons. The topological polar surface area (TPSA) is 89.5 Å². The predicted octanol–water partition coefficient (Wildman–Crippen LogP) is 1.19. The van der Waals surface area contributed by atoms with Gasteiger partial charge in [0.25, 0.3) is 0 Å². The van der Waals surface area contributed by atoms with Crippen LogP contribution in [0.15, 0.2) is 30.3 Å². The first kappa shape index (κ1) is 18.7. The molecular weight excluding hydrogens is 353 g/mol. The Bertz CT molecular complexity index is 824. The third kappa shape index (κ3) is 5.20. The van der Waals surface area contributed by atoms with Gasteiger partial charge in [0.2, 0.25) is 11.9 Å². The highest BCUT2D eigenvalue weighted by molar-refractivity contribution is 5.91.